The molecule has 1 aromatic rings. The normalized spacial score (nSPS) is 35.3. The van der Waals surface area contributed by atoms with Crippen LogP contribution in [0.15, 0.2) is 30.3 Å². The Bertz CT molecular complexity index is 382. The van der Waals surface area contributed by atoms with E-state index < -0.39 is 37.3 Å². The maximum atomic E-state index is 9.86. The number of aliphatic hydroxyl groups is 4. The second-order valence-electron chi connectivity index (χ2n) is 4.49. The summed E-state index contributed by atoms with van der Waals surface area (Å²) in [5.74, 6) is 0. The van der Waals surface area contributed by atoms with Gasteiger partial charge in [-0.3, -0.25) is 0 Å². The van der Waals surface area contributed by atoms with E-state index in [1.807, 2.05) is 30.3 Å². The van der Waals surface area contributed by atoms with Gasteiger partial charge in [-0.05, 0) is 5.56 Å². The van der Waals surface area contributed by atoms with Gasteiger partial charge in [0, 0.05) is 0 Å². The lowest BCUT2D eigenvalue weighted by Crippen LogP contribution is -2.59. The molecule has 1 aliphatic rings. The first kappa shape index (κ1) is 14.4. The predicted molar refractivity (Wildman–Crippen MR) is 65.0 cm³/mol. The van der Waals surface area contributed by atoms with Gasteiger partial charge in [0.05, 0.1) is 13.2 Å². The molecule has 0 saturated carbocycles. The van der Waals surface area contributed by atoms with Crippen LogP contribution in [-0.4, -0.2) is 57.7 Å². The second kappa shape index (κ2) is 6.42. The lowest BCUT2D eigenvalue weighted by Gasteiger charge is -2.39. The fourth-order valence-corrected chi connectivity index (χ4v) is 2.04. The number of ether oxygens (including phenoxy) is 2. The Morgan fingerprint density at radius 3 is 2.37 bits per heavy atom. The minimum Gasteiger partial charge on any atom is -0.394 e. The van der Waals surface area contributed by atoms with Crippen LogP contribution in [-0.2, 0) is 16.1 Å². The molecular formula is C13H18O6. The Morgan fingerprint density at radius 1 is 1.05 bits per heavy atom. The predicted octanol–water partition coefficient (Wildman–Crippen LogP) is -0.997. The number of hydrogen-bond acceptors (Lipinski definition) is 6. The Labute approximate surface area is 110 Å². The lowest BCUT2D eigenvalue weighted by atomic mass is 9.99. The second-order valence-corrected chi connectivity index (χ2v) is 4.49. The number of aliphatic hydroxyl groups excluding tert-OH is 4. The summed E-state index contributed by atoms with van der Waals surface area (Å²) in [6.45, 7) is -0.203. The minimum atomic E-state index is -1.52. The van der Waals surface area contributed by atoms with E-state index in [2.05, 4.69) is 0 Å². The van der Waals surface area contributed by atoms with Gasteiger partial charge in [-0.1, -0.05) is 30.3 Å². The highest BCUT2D eigenvalue weighted by Gasteiger charge is 2.44. The van der Waals surface area contributed by atoms with Crippen molar-refractivity contribution in [1.82, 2.24) is 0 Å². The number of benzene rings is 1. The van der Waals surface area contributed by atoms with E-state index >= 15 is 0 Å². The molecule has 1 heterocycles. The molecule has 1 fully saturated rings. The van der Waals surface area contributed by atoms with Gasteiger partial charge in [-0.25, -0.2) is 0 Å². The van der Waals surface area contributed by atoms with E-state index in [1.54, 1.807) is 0 Å². The van der Waals surface area contributed by atoms with Gasteiger partial charge in [0.25, 0.3) is 0 Å². The summed E-state index contributed by atoms with van der Waals surface area (Å²) in [5.41, 5.74) is 0.895. The van der Waals surface area contributed by atoms with Crippen LogP contribution in [0.5, 0.6) is 0 Å². The van der Waals surface area contributed by atoms with Crippen LogP contribution in [0.4, 0.5) is 0 Å². The summed E-state index contributed by atoms with van der Waals surface area (Å²) in [7, 11) is 0. The summed E-state index contributed by atoms with van der Waals surface area (Å²) in [5, 5.41) is 37.9. The van der Waals surface area contributed by atoms with E-state index in [1.165, 1.54) is 0 Å². The third kappa shape index (κ3) is 3.30. The third-order valence-electron chi connectivity index (χ3n) is 3.12. The molecule has 4 N–H and O–H groups in total. The highest BCUT2D eigenvalue weighted by Crippen LogP contribution is 2.23. The van der Waals surface area contributed by atoms with Crippen LogP contribution in [0.1, 0.15) is 5.56 Å². The summed E-state index contributed by atoms with van der Waals surface area (Å²) in [4.78, 5) is 0. The van der Waals surface area contributed by atoms with Crippen molar-refractivity contribution in [3.8, 4) is 0 Å². The summed E-state index contributed by atoms with van der Waals surface area (Å²) in [6.07, 6.45) is -6.07. The van der Waals surface area contributed by atoms with Crippen molar-refractivity contribution in [3.05, 3.63) is 35.9 Å². The quantitative estimate of drug-likeness (QED) is 0.560. The number of rotatable bonds is 4. The zero-order chi connectivity index (χ0) is 13.8. The zero-order valence-corrected chi connectivity index (χ0v) is 10.3. The molecule has 5 atom stereocenters. The zero-order valence-electron chi connectivity index (χ0n) is 10.3. The van der Waals surface area contributed by atoms with Gasteiger partial charge in [0.15, 0.2) is 6.29 Å². The summed E-state index contributed by atoms with van der Waals surface area (Å²) in [6, 6.07) is 9.30. The van der Waals surface area contributed by atoms with Crippen LogP contribution >= 0.6 is 0 Å². The Hall–Kier alpha value is -1.02. The molecular weight excluding hydrogens is 252 g/mol. The topological polar surface area (TPSA) is 99.4 Å². The van der Waals surface area contributed by atoms with Crippen LogP contribution in [0, 0.1) is 0 Å². The van der Waals surface area contributed by atoms with Gasteiger partial charge >= 0.3 is 0 Å². The molecule has 0 spiro atoms. The molecule has 6 heteroatoms. The van der Waals surface area contributed by atoms with Crippen molar-refractivity contribution in [1.29, 1.82) is 0 Å². The summed E-state index contributed by atoms with van der Waals surface area (Å²) >= 11 is 0. The van der Waals surface area contributed by atoms with Crippen molar-refractivity contribution in [2.45, 2.75) is 37.3 Å². The standard InChI is InChI=1S/C13H18O6/c14-6-9-12(10(15)11(16)13(17)19-9)18-7-8-4-2-1-3-5-8/h1-5,9-17H,6-7H2/t9-,10-,11-,12-,13+/m0/s1. The molecule has 1 saturated heterocycles. The minimum absolute atomic E-state index is 0.214. The molecule has 0 aromatic heterocycles. The third-order valence-corrected chi connectivity index (χ3v) is 3.12. The first-order chi connectivity index (χ1) is 9.13. The SMILES string of the molecule is OC[C@@H]1O[C@@H](O)[C@@H](O)[C@H](O)[C@H]1OCc1ccccc1. The average Bonchev–Trinajstić information content (AvgIpc) is 2.44. The van der Waals surface area contributed by atoms with Crippen molar-refractivity contribution in [2.24, 2.45) is 0 Å². The fraction of sp³-hybridized carbons (Fsp3) is 0.538. The molecule has 6 nitrogen and oxygen atoms in total. The lowest BCUT2D eigenvalue weighted by molar-refractivity contribution is -0.295. The average molecular weight is 270 g/mol. The van der Waals surface area contributed by atoms with E-state index in [4.69, 9.17) is 9.47 Å². The molecule has 1 aromatic carbocycles. The van der Waals surface area contributed by atoms with E-state index in [9.17, 15) is 20.4 Å². The highest BCUT2D eigenvalue weighted by atomic mass is 16.6. The van der Waals surface area contributed by atoms with E-state index in [-0.39, 0.29) is 6.61 Å². The molecule has 106 valence electrons. The van der Waals surface area contributed by atoms with Crippen LogP contribution in [0.3, 0.4) is 0 Å². The molecule has 2 rings (SSSR count). The van der Waals surface area contributed by atoms with Crippen molar-refractivity contribution >= 4 is 0 Å². The molecule has 0 amide bonds. The number of hydrogen-bond donors (Lipinski definition) is 4. The van der Waals surface area contributed by atoms with Gasteiger partial charge in [0.2, 0.25) is 0 Å². The fourth-order valence-electron chi connectivity index (χ4n) is 2.04. The van der Waals surface area contributed by atoms with Crippen molar-refractivity contribution in [2.75, 3.05) is 6.61 Å². The first-order valence-corrected chi connectivity index (χ1v) is 6.09. The Kier molecular flexibility index (Phi) is 4.87. The van der Waals surface area contributed by atoms with Gasteiger partial charge in [-0.15, -0.1) is 0 Å². The van der Waals surface area contributed by atoms with Gasteiger partial charge < -0.3 is 29.9 Å². The smallest absolute Gasteiger partial charge is 0.184 e. The van der Waals surface area contributed by atoms with Crippen molar-refractivity contribution < 1.29 is 29.9 Å². The Morgan fingerprint density at radius 2 is 1.74 bits per heavy atom. The van der Waals surface area contributed by atoms with Crippen LogP contribution < -0.4 is 0 Å². The molecule has 0 unspecified atom stereocenters. The van der Waals surface area contributed by atoms with Crippen LogP contribution in [0.25, 0.3) is 0 Å². The maximum absolute atomic E-state index is 9.86. The molecule has 0 bridgehead atoms. The van der Waals surface area contributed by atoms with Gasteiger partial charge in [0.1, 0.15) is 24.4 Å². The molecule has 1 aliphatic heterocycles. The van der Waals surface area contributed by atoms with E-state index in [0.29, 0.717) is 0 Å². The monoisotopic (exact) mass is 270 g/mol. The highest BCUT2D eigenvalue weighted by molar-refractivity contribution is 5.13. The Balaban J connectivity index is 2.00. The van der Waals surface area contributed by atoms with Gasteiger partial charge in [-0.2, -0.15) is 0 Å². The van der Waals surface area contributed by atoms with Crippen molar-refractivity contribution in [3.63, 3.8) is 0 Å². The first-order valence-electron chi connectivity index (χ1n) is 6.09. The molecule has 0 aliphatic carbocycles. The molecule has 19 heavy (non-hydrogen) atoms. The maximum Gasteiger partial charge on any atom is 0.184 e. The van der Waals surface area contributed by atoms with Crippen LogP contribution in [0.2, 0.25) is 0 Å². The van der Waals surface area contributed by atoms with E-state index in [0.717, 1.165) is 5.56 Å². The summed E-state index contributed by atoms with van der Waals surface area (Å²) < 4.78 is 10.5. The molecule has 0 radical (unpaired) electrons. The largest absolute Gasteiger partial charge is 0.394 e.